The first-order valence-electron chi connectivity index (χ1n) is 8.34. The van der Waals surface area contributed by atoms with Gasteiger partial charge in [0.1, 0.15) is 0 Å². The fourth-order valence-electron chi connectivity index (χ4n) is 3.65. The smallest absolute Gasteiger partial charge is 0.227 e. The summed E-state index contributed by atoms with van der Waals surface area (Å²) >= 11 is 0. The largest absolute Gasteiger partial charge is 0.396 e. The van der Waals surface area contributed by atoms with Crippen molar-refractivity contribution < 1.29 is 18.7 Å². The second kappa shape index (κ2) is 6.56. The van der Waals surface area contributed by atoms with Gasteiger partial charge in [-0.2, -0.15) is 0 Å². The van der Waals surface area contributed by atoms with E-state index in [0.717, 1.165) is 31.4 Å². The van der Waals surface area contributed by atoms with Crippen molar-refractivity contribution in [3.8, 4) is 0 Å². The van der Waals surface area contributed by atoms with Gasteiger partial charge in [0, 0.05) is 18.5 Å². The number of aliphatic hydroxyl groups excluding tert-OH is 1. The number of aliphatic hydroxyl groups is 1. The van der Waals surface area contributed by atoms with Crippen LogP contribution in [0.4, 0.5) is 8.78 Å². The van der Waals surface area contributed by atoms with Crippen LogP contribution in [0, 0.1) is 23.0 Å². The molecule has 1 heterocycles. The van der Waals surface area contributed by atoms with Crippen molar-refractivity contribution >= 4 is 5.91 Å². The molecule has 1 aliphatic heterocycles. The number of carbonyl (C=O) groups excluding carboxylic acids is 1. The Bertz CT molecular complexity index is 588. The molecule has 0 spiro atoms. The van der Waals surface area contributed by atoms with Gasteiger partial charge in [0.15, 0.2) is 11.6 Å². The van der Waals surface area contributed by atoms with Crippen molar-refractivity contribution in [2.24, 2.45) is 11.3 Å². The predicted molar refractivity (Wildman–Crippen MR) is 82.7 cm³/mol. The molecular formula is C18H23F2NO2. The van der Waals surface area contributed by atoms with Gasteiger partial charge < -0.3 is 10.0 Å². The second-order valence-corrected chi connectivity index (χ2v) is 7.15. The van der Waals surface area contributed by atoms with Crippen molar-refractivity contribution in [2.75, 3.05) is 19.7 Å². The number of rotatable bonds is 5. The SMILES string of the molecule is O=C(Cc1ccc(F)c(F)c1)N1CCC[C@](CO)(CC2CC2)C1. The van der Waals surface area contributed by atoms with Gasteiger partial charge in [0.2, 0.25) is 5.91 Å². The van der Waals surface area contributed by atoms with E-state index in [9.17, 15) is 18.7 Å². The van der Waals surface area contributed by atoms with Crippen LogP contribution in [-0.2, 0) is 11.2 Å². The summed E-state index contributed by atoms with van der Waals surface area (Å²) in [5.41, 5.74) is 0.305. The number of carbonyl (C=O) groups is 1. The molecule has 3 rings (SSSR count). The minimum Gasteiger partial charge on any atom is -0.396 e. The Labute approximate surface area is 135 Å². The molecule has 1 saturated heterocycles. The molecule has 1 saturated carbocycles. The Morgan fingerprint density at radius 3 is 2.74 bits per heavy atom. The Morgan fingerprint density at radius 1 is 1.30 bits per heavy atom. The maximum Gasteiger partial charge on any atom is 0.227 e. The van der Waals surface area contributed by atoms with E-state index in [2.05, 4.69) is 0 Å². The third-order valence-electron chi connectivity index (χ3n) is 5.11. The predicted octanol–water partition coefficient (Wildman–Crippen LogP) is 2.91. The molecule has 0 radical (unpaired) electrons. The Balaban J connectivity index is 1.65. The second-order valence-electron chi connectivity index (χ2n) is 7.15. The number of piperidine rings is 1. The van der Waals surface area contributed by atoms with Gasteiger partial charge in [0.05, 0.1) is 13.0 Å². The summed E-state index contributed by atoms with van der Waals surface area (Å²) in [4.78, 5) is 14.3. The first-order valence-corrected chi connectivity index (χ1v) is 8.34. The summed E-state index contributed by atoms with van der Waals surface area (Å²) in [5, 5.41) is 9.85. The highest BCUT2D eigenvalue weighted by molar-refractivity contribution is 5.79. The van der Waals surface area contributed by atoms with Gasteiger partial charge in [0.25, 0.3) is 0 Å². The van der Waals surface area contributed by atoms with Crippen LogP contribution >= 0.6 is 0 Å². The zero-order valence-electron chi connectivity index (χ0n) is 13.2. The van der Waals surface area contributed by atoms with Crippen LogP contribution in [0.5, 0.6) is 0 Å². The summed E-state index contributed by atoms with van der Waals surface area (Å²) in [6, 6.07) is 3.59. The van der Waals surface area contributed by atoms with Crippen LogP contribution in [-0.4, -0.2) is 35.6 Å². The molecule has 0 aromatic heterocycles. The third-order valence-corrected chi connectivity index (χ3v) is 5.11. The van der Waals surface area contributed by atoms with Crippen LogP contribution in [0.3, 0.4) is 0 Å². The van der Waals surface area contributed by atoms with E-state index >= 15 is 0 Å². The zero-order valence-corrected chi connectivity index (χ0v) is 13.2. The van der Waals surface area contributed by atoms with E-state index in [-0.39, 0.29) is 24.3 Å². The molecule has 1 aromatic rings. The topological polar surface area (TPSA) is 40.5 Å². The van der Waals surface area contributed by atoms with E-state index < -0.39 is 11.6 Å². The lowest BCUT2D eigenvalue weighted by Gasteiger charge is -2.42. The van der Waals surface area contributed by atoms with E-state index in [1.54, 1.807) is 4.90 Å². The summed E-state index contributed by atoms with van der Waals surface area (Å²) in [6.45, 7) is 1.36. The van der Waals surface area contributed by atoms with E-state index in [1.807, 2.05) is 0 Å². The molecule has 5 heteroatoms. The monoisotopic (exact) mass is 323 g/mol. The maximum atomic E-state index is 13.3. The van der Waals surface area contributed by atoms with E-state index in [1.165, 1.54) is 18.9 Å². The normalized spacial score (nSPS) is 24.7. The van der Waals surface area contributed by atoms with Crippen molar-refractivity contribution in [1.82, 2.24) is 4.90 Å². The van der Waals surface area contributed by atoms with Crippen LogP contribution in [0.15, 0.2) is 18.2 Å². The number of likely N-dealkylation sites (tertiary alicyclic amines) is 1. The lowest BCUT2D eigenvalue weighted by Crippen LogP contribution is -2.48. The van der Waals surface area contributed by atoms with Crippen LogP contribution in [0.2, 0.25) is 0 Å². The fraction of sp³-hybridized carbons (Fsp3) is 0.611. The molecule has 3 nitrogen and oxygen atoms in total. The summed E-state index contributed by atoms with van der Waals surface area (Å²) in [7, 11) is 0. The maximum absolute atomic E-state index is 13.3. The fourth-order valence-corrected chi connectivity index (χ4v) is 3.65. The molecule has 1 aromatic carbocycles. The number of hydrogen-bond acceptors (Lipinski definition) is 2. The Kier molecular flexibility index (Phi) is 4.67. The highest BCUT2D eigenvalue weighted by Gasteiger charge is 2.40. The van der Waals surface area contributed by atoms with Crippen LogP contribution < -0.4 is 0 Å². The van der Waals surface area contributed by atoms with Crippen LogP contribution in [0.1, 0.15) is 37.7 Å². The number of hydrogen-bond donors (Lipinski definition) is 1. The molecular weight excluding hydrogens is 300 g/mol. The summed E-state index contributed by atoms with van der Waals surface area (Å²) < 4.78 is 26.2. The quantitative estimate of drug-likeness (QED) is 0.905. The highest BCUT2D eigenvalue weighted by Crippen LogP contribution is 2.44. The standard InChI is InChI=1S/C18H23F2NO2/c19-15-5-4-14(8-16(15)20)9-17(23)21-7-1-6-18(11-21,12-22)10-13-2-3-13/h4-5,8,13,22H,1-3,6-7,9-12H2/t18-/m0/s1. The van der Waals surface area contributed by atoms with Gasteiger partial charge in [-0.3, -0.25) is 4.79 Å². The average molecular weight is 323 g/mol. The Hall–Kier alpha value is -1.49. The van der Waals surface area contributed by atoms with Crippen LogP contribution in [0.25, 0.3) is 0 Å². The van der Waals surface area contributed by atoms with E-state index in [4.69, 9.17) is 0 Å². The lowest BCUT2D eigenvalue weighted by atomic mass is 9.76. The first kappa shape index (κ1) is 16.4. The summed E-state index contributed by atoms with van der Waals surface area (Å²) in [6.07, 6.45) is 5.35. The minimum atomic E-state index is -0.924. The highest BCUT2D eigenvalue weighted by atomic mass is 19.2. The molecule has 126 valence electrons. The van der Waals surface area contributed by atoms with Gasteiger partial charge in [-0.1, -0.05) is 18.9 Å². The zero-order chi connectivity index (χ0) is 16.4. The van der Waals surface area contributed by atoms with Crippen molar-refractivity contribution in [1.29, 1.82) is 0 Å². The average Bonchev–Trinajstić information content (AvgIpc) is 3.35. The van der Waals surface area contributed by atoms with Crippen molar-refractivity contribution in [3.63, 3.8) is 0 Å². The van der Waals surface area contributed by atoms with E-state index in [0.29, 0.717) is 24.6 Å². The van der Waals surface area contributed by atoms with Gasteiger partial charge in [-0.15, -0.1) is 0 Å². The molecule has 1 N–H and O–H groups in total. The Morgan fingerprint density at radius 2 is 2.09 bits per heavy atom. The number of halogens is 2. The third kappa shape index (κ3) is 3.89. The molecule has 2 fully saturated rings. The molecule has 1 aliphatic carbocycles. The molecule has 0 unspecified atom stereocenters. The van der Waals surface area contributed by atoms with Gasteiger partial charge in [-0.25, -0.2) is 8.78 Å². The van der Waals surface area contributed by atoms with Gasteiger partial charge in [-0.05, 0) is 42.9 Å². The van der Waals surface area contributed by atoms with Gasteiger partial charge >= 0.3 is 0 Å². The lowest BCUT2D eigenvalue weighted by molar-refractivity contribution is -0.135. The number of nitrogens with zero attached hydrogens (tertiary/aromatic N) is 1. The number of amides is 1. The molecule has 1 amide bonds. The first-order chi connectivity index (χ1) is 11.0. The van der Waals surface area contributed by atoms with Crippen molar-refractivity contribution in [2.45, 2.75) is 38.5 Å². The molecule has 2 aliphatic rings. The van der Waals surface area contributed by atoms with Crippen molar-refractivity contribution in [3.05, 3.63) is 35.4 Å². The number of benzene rings is 1. The minimum absolute atomic E-state index is 0.0716. The molecule has 23 heavy (non-hydrogen) atoms. The molecule has 0 bridgehead atoms. The molecule has 1 atom stereocenters. The summed E-state index contributed by atoms with van der Waals surface area (Å²) in [5.74, 6) is -1.21.